The standard InChI is InChI=1S/C13H20N2O3S/c1-9-3-4-11(14)7-13(9)19(17,18)15-6-5-12(16)10(2)8-15/h3-4,7,10,12,16H,5-6,8,14H2,1-2H3. The summed E-state index contributed by atoms with van der Waals surface area (Å²) < 4.78 is 26.6. The van der Waals surface area contributed by atoms with E-state index in [2.05, 4.69) is 0 Å². The molecule has 6 heteroatoms. The summed E-state index contributed by atoms with van der Waals surface area (Å²) >= 11 is 0. The molecule has 0 saturated carbocycles. The minimum atomic E-state index is -3.53. The lowest BCUT2D eigenvalue weighted by molar-refractivity contribution is 0.0628. The zero-order chi connectivity index (χ0) is 14.2. The van der Waals surface area contributed by atoms with Gasteiger partial charge in [0.2, 0.25) is 10.0 Å². The molecule has 0 aliphatic carbocycles. The van der Waals surface area contributed by atoms with E-state index in [0.717, 1.165) is 0 Å². The molecule has 0 bridgehead atoms. The first kappa shape index (κ1) is 14.3. The Morgan fingerprint density at radius 3 is 2.74 bits per heavy atom. The van der Waals surface area contributed by atoms with E-state index in [-0.39, 0.29) is 10.8 Å². The lowest BCUT2D eigenvalue weighted by Crippen LogP contribution is -2.45. The predicted molar refractivity (Wildman–Crippen MR) is 74.1 cm³/mol. The van der Waals surface area contributed by atoms with Gasteiger partial charge in [-0.3, -0.25) is 0 Å². The molecule has 106 valence electrons. The lowest BCUT2D eigenvalue weighted by atomic mass is 9.99. The first-order chi connectivity index (χ1) is 8.82. The number of nitrogens with zero attached hydrogens (tertiary/aromatic N) is 1. The summed E-state index contributed by atoms with van der Waals surface area (Å²) in [7, 11) is -3.53. The fourth-order valence-corrected chi connectivity index (χ4v) is 4.16. The number of hydrogen-bond donors (Lipinski definition) is 2. The number of nitrogens with two attached hydrogens (primary N) is 1. The Labute approximate surface area is 114 Å². The molecule has 19 heavy (non-hydrogen) atoms. The van der Waals surface area contributed by atoms with E-state index in [1.807, 2.05) is 6.92 Å². The van der Waals surface area contributed by atoms with E-state index in [1.54, 1.807) is 19.1 Å². The summed E-state index contributed by atoms with van der Waals surface area (Å²) in [6.07, 6.45) is 0.0512. The maximum absolute atomic E-state index is 12.6. The molecule has 1 aromatic rings. The highest BCUT2D eigenvalue weighted by Gasteiger charge is 2.33. The van der Waals surface area contributed by atoms with Gasteiger partial charge in [-0.25, -0.2) is 8.42 Å². The van der Waals surface area contributed by atoms with Crippen molar-refractivity contribution in [2.45, 2.75) is 31.3 Å². The average Bonchev–Trinajstić information content (AvgIpc) is 2.35. The Morgan fingerprint density at radius 2 is 2.11 bits per heavy atom. The van der Waals surface area contributed by atoms with Gasteiger partial charge in [0.25, 0.3) is 0 Å². The van der Waals surface area contributed by atoms with Crippen molar-refractivity contribution in [2.24, 2.45) is 5.92 Å². The molecule has 3 N–H and O–H groups in total. The van der Waals surface area contributed by atoms with Crippen LogP contribution in [0.2, 0.25) is 0 Å². The van der Waals surface area contributed by atoms with Crippen molar-refractivity contribution in [1.82, 2.24) is 4.31 Å². The van der Waals surface area contributed by atoms with Crippen LogP contribution >= 0.6 is 0 Å². The lowest BCUT2D eigenvalue weighted by Gasteiger charge is -2.33. The number of aliphatic hydroxyl groups excluding tert-OH is 1. The minimum absolute atomic E-state index is 0.0510. The highest BCUT2D eigenvalue weighted by molar-refractivity contribution is 7.89. The molecule has 1 aliphatic heterocycles. The average molecular weight is 284 g/mol. The monoisotopic (exact) mass is 284 g/mol. The number of benzene rings is 1. The molecule has 2 unspecified atom stereocenters. The van der Waals surface area contributed by atoms with E-state index in [4.69, 9.17) is 5.73 Å². The molecule has 2 atom stereocenters. The summed E-state index contributed by atoms with van der Waals surface area (Å²) in [6, 6.07) is 4.90. The van der Waals surface area contributed by atoms with Gasteiger partial charge in [-0.1, -0.05) is 13.0 Å². The van der Waals surface area contributed by atoms with Gasteiger partial charge in [-0.05, 0) is 37.0 Å². The number of hydrogen-bond acceptors (Lipinski definition) is 4. The third kappa shape index (κ3) is 2.75. The number of rotatable bonds is 2. The normalized spacial score (nSPS) is 25.4. The topological polar surface area (TPSA) is 83.6 Å². The maximum Gasteiger partial charge on any atom is 0.243 e. The molecule has 0 radical (unpaired) electrons. The van der Waals surface area contributed by atoms with Crippen molar-refractivity contribution < 1.29 is 13.5 Å². The fourth-order valence-electron chi connectivity index (χ4n) is 2.35. The predicted octanol–water partition coefficient (Wildman–Crippen LogP) is 0.969. The molecule has 0 amide bonds. The largest absolute Gasteiger partial charge is 0.399 e. The second kappa shape index (κ2) is 5.11. The quantitative estimate of drug-likeness (QED) is 0.793. The second-order valence-electron chi connectivity index (χ2n) is 5.22. The number of anilines is 1. The fraction of sp³-hybridized carbons (Fsp3) is 0.538. The summed E-state index contributed by atoms with van der Waals surface area (Å²) in [5.41, 5.74) is 6.81. The first-order valence-electron chi connectivity index (χ1n) is 6.36. The van der Waals surface area contributed by atoms with Crippen molar-refractivity contribution in [2.75, 3.05) is 18.8 Å². The van der Waals surface area contributed by atoms with Crippen LogP contribution in [-0.2, 0) is 10.0 Å². The Hall–Kier alpha value is -1.11. The third-order valence-corrected chi connectivity index (χ3v) is 5.66. The molecule has 1 aromatic carbocycles. The van der Waals surface area contributed by atoms with Gasteiger partial charge >= 0.3 is 0 Å². The van der Waals surface area contributed by atoms with Gasteiger partial charge in [0.15, 0.2) is 0 Å². The third-order valence-electron chi connectivity index (χ3n) is 3.65. The molecule has 1 saturated heterocycles. The summed E-state index contributed by atoms with van der Waals surface area (Å²) in [6.45, 7) is 4.31. The maximum atomic E-state index is 12.6. The van der Waals surface area contributed by atoms with Crippen LogP contribution in [-0.4, -0.2) is 37.0 Å². The van der Waals surface area contributed by atoms with Crippen LogP contribution in [0.1, 0.15) is 18.9 Å². The molecule has 0 spiro atoms. The van der Waals surface area contributed by atoms with Crippen LogP contribution in [0.25, 0.3) is 0 Å². The van der Waals surface area contributed by atoms with E-state index < -0.39 is 16.1 Å². The van der Waals surface area contributed by atoms with Gasteiger partial charge in [0, 0.05) is 18.8 Å². The number of piperidine rings is 1. The van der Waals surface area contributed by atoms with Gasteiger partial charge in [0.05, 0.1) is 11.0 Å². The minimum Gasteiger partial charge on any atom is -0.399 e. The van der Waals surface area contributed by atoms with E-state index in [9.17, 15) is 13.5 Å². The summed E-state index contributed by atoms with van der Waals surface area (Å²) in [5, 5.41) is 9.69. The number of nitrogen functional groups attached to an aromatic ring is 1. The van der Waals surface area contributed by atoms with Crippen molar-refractivity contribution in [1.29, 1.82) is 0 Å². The molecule has 1 fully saturated rings. The summed E-state index contributed by atoms with van der Waals surface area (Å²) in [5.74, 6) is -0.0510. The van der Waals surface area contributed by atoms with Crippen LogP contribution in [0.5, 0.6) is 0 Å². The first-order valence-corrected chi connectivity index (χ1v) is 7.80. The van der Waals surface area contributed by atoms with Crippen LogP contribution < -0.4 is 5.73 Å². The van der Waals surface area contributed by atoms with Gasteiger partial charge in [-0.15, -0.1) is 0 Å². The smallest absolute Gasteiger partial charge is 0.243 e. The van der Waals surface area contributed by atoms with Gasteiger partial charge in [0.1, 0.15) is 0 Å². The zero-order valence-electron chi connectivity index (χ0n) is 11.2. The highest BCUT2D eigenvalue weighted by atomic mass is 32.2. The van der Waals surface area contributed by atoms with Crippen LogP contribution in [0, 0.1) is 12.8 Å². The zero-order valence-corrected chi connectivity index (χ0v) is 12.0. The number of aryl methyl sites for hydroxylation is 1. The molecule has 1 heterocycles. The molecule has 0 aromatic heterocycles. The summed E-state index contributed by atoms with van der Waals surface area (Å²) in [4.78, 5) is 0.260. The van der Waals surface area contributed by atoms with E-state index in [0.29, 0.717) is 30.8 Å². The number of aliphatic hydroxyl groups is 1. The van der Waals surface area contributed by atoms with Gasteiger partial charge in [-0.2, -0.15) is 4.31 Å². The SMILES string of the molecule is Cc1ccc(N)cc1S(=O)(=O)N1CCC(O)C(C)C1. The molecular formula is C13H20N2O3S. The van der Waals surface area contributed by atoms with Crippen LogP contribution in [0.4, 0.5) is 5.69 Å². The van der Waals surface area contributed by atoms with E-state index in [1.165, 1.54) is 10.4 Å². The van der Waals surface area contributed by atoms with Crippen molar-refractivity contribution in [3.05, 3.63) is 23.8 Å². The second-order valence-corrected chi connectivity index (χ2v) is 7.13. The Kier molecular flexibility index (Phi) is 3.85. The van der Waals surface area contributed by atoms with Gasteiger partial charge < -0.3 is 10.8 Å². The Bertz CT molecular complexity index is 571. The molecular weight excluding hydrogens is 264 g/mol. The van der Waals surface area contributed by atoms with Crippen molar-refractivity contribution in [3.63, 3.8) is 0 Å². The molecule has 1 aliphatic rings. The Balaban J connectivity index is 2.35. The van der Waals surface area contributed by atoms with E-state index >= 15 is 0 Å². The van der Waals surface area contributed by atoms with Crippen molar-refractivity contribution in [3.8, 4) is 0 Å². The highest BCUT2D eigenvalue weighted by Crippen LogP contribution is 2.26. The van der Waals surface area contributed by atoms with Crippen LogP contribution in [0.3, 0.4) is 0 Å². The van der Waals surface area contributed by atoms with Crippen LogP contribution in [0.15, 0.2) is 23.1 Å². The number of sulfonamides is 1. The molecule has 5 nitrogen and oxygen atoms in total. The molecule has 2 rings (SSSR count). The Morgan fingerprint density at radius 1 is 1.42 bits per heavy atom. The van der Waals surface area contributed by atoms with Crippen molar-refractivity contribution >= 4 is 15.7 Å².